The van der Waals surface area contributed by atoms with Gasteiger partial charge in [-0.05, 0) is 31.6 Å². The molecule has 5 rings (SSSR count). The minimum Gasteiger partial charge on any atom is -0.448 e. The Morgan fingerprint density at radius 3 is 2.68 bits per heavy atom. The van der Waals surface area contributed by atoms with Crippen LogP contribution >= 0.6 is 0 Å². The molecule has 3 amide bonds. The van der Waals surface area contributed by atoms with E-state index in [0.717, 1.165) is 12.8 Å². The number of β-lactam (4-membered cyclic amide) rings is 1. The zero-order valence-corrected chi connectivity index (χ0v) is 22.9. The number of nitrogens with zero attached hydrogens (tertiary/aromatic N) is 6. The van der Waals surface area contributed by atoms with Crippen LogP contribution in [0.5, 0.6) is 0 Å². The van der Waals surface area contributed by atoms with E-state index in [9.17, 15) is 24.6 Å². The molecule has 0 aliphatic carbocycles. The monoisotopic (exact) mass is 570 g/mol. The molecule has 220 valence electrons. The van der Waals surface area contributed by atoms with E-state index in [2.05, 4.69) is 32.1 Å². The van der Waals surface area contributed by atoms with Crippen LogP contribution in [0.25, 0.3) is 11.2 Å². The number of carbonyl (C=O) groups excluding carboxylic acids is 3. The van der Waals surface area contributed by atoms with Gasteiger partial charge in [0.25, 0.3) is 5.91 Å². The van der Waals surface area contributed by atoms with Gasteiger partial charge in [0, 0.05) is 39.6 Å². The lowest BCUT2D eigenvalue weighted by atomic mass is 9.94. The van der Waals surface area contributed by atoms with E-state index < -0.39 is 36.5 Å². The molecule has 3 fully saturated rings. The van der Waals surface area contributed by atoms with E-state index in [0.29, 0.717) is 32.6 Å². The number of nitrogen functional groups attached to an aromatic ring is 1. The number of aromatic nitrogens is 4. The predicted molar refractivity (Wildman–Crippen MR) is 143 cm³/mol. The quantitative estimate of drug-likeness (QED) is 0.241. The highest BCUT2D eigenvalue weighted by atomic mass is 16.6. The SMILES string of the molecule is CCNC(=O)[C@H]1O[C@@H](n2cnc3c(N)nc(C#CCC4CCN(C(=O)OCC5CN(C)C5=O)CC4)nc32)[C@@H](O)C1O. The number of carbonyl (C=O) groups is 3. The fraction of sp³-hybridized carbons (Fsp3) is 0.615. The van der Waals surface area contributed by atoms with Crippen LogP contribution in [0.4, 0.5) is 10.6 Å². The molecule has 3 aliphatic rings. The highest BCUT2D eigenvalue weighted by Gasteiger charge is 2.47. The van der Waals surface area contributed by atoms with Crippen molar-refractivity contribution in [3.05, 3.63) is 12.2 Å². The molecule has 0 radical (unpaired) electrons. The summed E-state index contributed by atoms with van der Waals surface area (Å²) < 4.78 is 12.4. The largest absolute Gasteiger partial charge is 0.448 e. The van der Waals surface area contributed by atoms with Gasteiger partial charge in [-0.2, -0.15) is 0 Å². The maximum absolute atomic E-state index is 12.4. The molecule has 0 aromatic carbocycles. The molecule has 15 nitrogen and oxygen atoms in total. The topological polar surface area (TPSA) is 198 Å². The third-order valence-corrected chi connectivity index (χ3v) is 7.66. The summed E-state index contributed by atoms with van der Waals surface area (Å²) >= 11 is 0. The molecule has 2 aromatic rings. The molecule has 0 saturated carbocycles. The number of imidazole rings is 1. The van der Waals surface area contributed by atoms with Crippen LogP contribution in [0.1, 0.15) is 38.2 Å². The molecule has 3 aliphatic heterocycles. The van der Waals surface area contributed by atoms with Crippen molar-refractivity contribution in [1.82, 2.24) is 34.6 Å². The number of piperidine rings is 1. The van der Waals surface area contributed by atoms with Gasteiger partial charge in [0.05, 0.1) is 12.2 Å². The Balaban J connectivity index is 1.18. The third-order valence-electron chi connectivity index (χ3n) is 7.66. The summed E-state index contributed by atoms with van der Waals surface area (Å²) in [6.45, 7) is 3.89. The molecule has 5 N–H and O–H groups in total. The Morgan fingerprint density at radius 1 is 1.24 bits per heavy atom. The lowest BCUT2D eigenvalue weighted by Gasteiger charge is -2.36. The van der Waals surface area contributed by atoms with E-state index in [1.807, 2.05) is 0 Å². The van der Waals surface area contributed by atoms with Crippen LogP contribution in [0.3, 0.4) is 0 Å². The van der Waals surface area contributed by atoms with Crippen molar-refractivity contribution in [2.24, 2.45) is 11.8 Å². The zero-order valence-electron chi connectivity index (χ0n) is 22.9. The van der Waals surface area contributed by atoms with E-state index in [1.165, 1.54) is 10.9 Å². The number of anilines is 1. The van der Waals surface area contributed by atoms with Gasteiger partial charge in [-0.3, -0.25) is 14.2 Å². The number of likely N-dealkylation sites (tertiary alicyclic amines) is 2. The lowest BCUT2D eigenvalue weighted by Crippen LogP contribution is -2.52. The second-order valence-electron chi connectivity index (χ2n) is 10.5. The third kappa shape index (κ3) is 5.76. The van der Waals surface area contributed by atoms with Crippen molar-refractivity contribution in [1.29, 1.82) is 0 Å². The Hall–Kier alpha value is -4.00. The average Bonchev–Trinajstić information content (AvgIpc) is 3.51. The first-order valence-corrected chi connectivity index (χ1v) is 13.6. The van der Waals surface area contributed by atoms with Gasteiger partial charge in [-0.1, -0.05) is 5.92 Å². The Morgan fingerprint density at radius 2 is 2.00 bits per heavy atom. The summed E-state index contributed by atoms with van der Waals surface area (Å²) in [4.78, 5) is 52.4. The summed E-state index contributed by atoms with van der Waals surface area (Å²) in [5, 5.41) is 23.5. The van der Waals surface area contributed by atoms with Gasteiger partial charge in [0.1, 0.15) is 24.3 Å². The molecule has 2 aromatic heterocycles. The fourth-order valence-electron chi connectivity index (χ4n) is 5.24. The summed E-state index contributed by atoms with van der Waals surface area (Å²) in [6, 6.07) is 0. The molecular weight excluding hydrogens is 536 g/mol. The first-order chi connectivity index (χ1) is 19.7. The summed E-state index contributed by atoms with van der Waals surface area (Å²) in [6.07, 6.45) is -2.18. The lowest BCUT2D eigenvalue weighted by molar-refractivity contribution is -0.147. The number of aliphatic hydroxyl groups is 2. The highest BCUT2D eigenvalue weighted by Crippen LogP contribution is 2.32. The molecule has 0 bridgehead atoms. The van der Waals surface area contributed by atoms with Gasteiger partial charge >= 0.3 is 6.09 Å². The number of rotatable bonds is 6. The minimum absolute atomic E-state index is 0.00206. The summed E-state index contributed by atoms with van der Waals surface area (Å²) in [5.41, 5.74) is 6.61. The van der Waals surface area contributed by atoms with Crippen molar-refractivity contribution in [3.63, 3.8) is 0 Å². The minimum atomic E-state index is -1.44. The first kappa shape index (κ1) is 28.5. The predicted octanol–water partition coefficient (Wildman–Crippen LogP) is -1.16. The molecule has 0 spiro atoms. The summed E-state index contributed by atoms with van der Waals surface area (Å²) in [5.74, 6) is 5.77. The van der Waals surface area contributed by atoms with Crippen molar-refractivity contribution in [3.8, 4) is 11.8 Å². The number of fused-ring (bicyclic) bond motifs is 1. The van der Waals surface area contributed by atoms with Crippen molar-refractivity contribution in [2.75, 3.05) is 45.6 Å². The van der Waals surface area contributed by atoms with E-state index in [1.54, 1.807) is 23.8 Å². The van der Waals surface area contributed by atoms with Crippen LogP contribution < -0.4 is 11.1 Å². The van der Waals surface area contributed by atoms with Gasteiger partial charge in [0.2, 0.25) is 11.7 Å². The number of nitrogens with two attached hydrogens (primary N) is 1. The van der Waals surface area contributed by atoms with Crippen LogP contribution in [0, 0.1) is 23.7 Å². The number of ether oxygens (including phenoxy) is 2. The zero-order chi connectivity index (χ0) is 29.3. The van der Waals surface area contributed by atoms with Crippen LogP contribution in [0.15, 0.2) is 6.33 Å². The molecule has 2 unspecified atom stereocenters. The molecular formula is C26H34N8O7. The van der Waals surface area contributed by atoms with Crippen LogP contribution in [-0.4, -0.2) is 116 Å². The van der Waals surface area contributed by atoms with E-state index in [4.69, 9.17) is 15.2 Å². The maximum Gasteiger partial charge on any atom is 0.409 e. The number of likely N-dealkylation sites (N-methyl/N-ethyl adjacent to an activating group) is 1. The average molecular weight is 571 g/mol. The number of nitrogens with one attached hydrogen (secondary N) is 1. The van der Waals surface area contributed by atoms with Crippen molar-refractivity contribution < 1.29 is 34.1 Å². The molecule has 41 heavy (non-hydrogen) atoms. The smallest absolute Gasteiger partial charge is 0.409 e. The van der Waals surface area contributed by atoms with Gasteiger partial charge < -0.3 is 40.5 Å². The van der Waals surface area contributed by atoms with Gasteiger partial charge in [0.15, 0.2) is 23.8 Å². The summed E-state index contributed by atoms with van der Waals surface area (Å²) in [7, 11) is 1.72. The number of hydrogen-bond acceptors (Lipinski definition) is 11. The Bertz CT molecular complexity index is 1380. The second-order valence-corrected chi connectivity index (χ2v) is 10.5. The van der Waals surface area contributed by atoms with Crippen LogP contribution in [-0.2, 0) is 19.1 Å². The molecule has 5 atom stereocenters. The first-order valence-electron chi connectivity index (χ1n) is 13.6. The number of hydrogen-bond donors (Lipinski definition) is 4. The Labute approximate surface area is 236 Å². The van der Waals surface area contributed by atoms with Crippen molar-refractivity contribution >= 4 is 34.9 Å². The number of aliphatic hydroxyl groups excluding tert-OH is 2. The molecule has 5 heterocycles. The van der Waals surface area contributed by atoms with Gasteiger partial charge in [-0.25, -0.2) is 19.7 Å². The van der Waals surface area contributed by atoms with Gasteiger partial charge in [-0.15, -0.1) is 0 Å². The standard InChI is InChI=1S/C26H34N8O7/c1-3-28-23(37)20-18(35)19(36)25(41-20)34-13-29-17-21(27)30-16(31-22(17)34)6-4-5-14-7-9-33(10-8-14)26(39)40-12-15-11-32(2)24(15)38/h13-15,18-20,25,35-36H,3,5,7-12H2,1-2H3,(H,28,37)(H2,27,30,31)/t15?,18?,19-,20-,25+/m0/s1. The van der Waals surface area contributed by atoms with Crippen LogP contribution in [0.2, 0.25) is 0 Å². The van der Waals surface area contributed by atoms with Crippen molar-refractivity contribution in [2.45, 2.75) is 50.7 Å². The second kappa shape index (κ2) is 11.9. The number of amides is 3. The molecule has 3 saturated heterocycles. The normalized spacial score (nSPS) is 26.4. The van der Waals surface area contributed by atoms with E-state index in [-0.39, 0.29) is 47.2 Å². The fourth-order valence-corrected chi connectivity index (χ4v) is 5.24. The van der Waals surface area contributed by atoms with E-state index >= 15 is 0 Å². The maximum atomic E-state index is 12.4. The molecule has 15 heteroatoms. The Kier molecular flexibility index (Phi) is 8.25. The highest BCUT2D eigenvalue weighted by molar-refractivity contribution is 5.85.